The third-order valence-electron chi connectivity index (χ3n) is 4.17. The molecule has 3 aromatic rings. The number of alkyl halides is 2. The number of benzene rings is 2. The number of hydrogen-bond acceptors (Lipinski definition) is 2. The number of ether oxygens (including phenoxy) is 1. The van der Waals surface area contributed by atoms with Crippen molar-refractivity contribution in [2.45, 2.75) is 20.1 Å². The molecule has 0 amide bonds. The molecule has 23 heavy (non-hydrogen) atoms. The van der Waals surface area contributed by atoms with Gasteiger partial charge in [0.15, 0.2) is 0 Å². The van der Waals surface area contributed by atoms with E-state index >= 15 is 0 Å². The van der Waals surface area contributed by atoms with Gasteiger partial charge in [-0.05, 0) is 24.6 Å². The van der Waals surface area contributed by atoms with Crippen LogP contribution in [0.15, 0.2) is 48.5 Å². The standard InChI is InChI=1S/C18H14F2N2O/c1-11-16(14-8-4-5-9-15(14)23-18(19)20)21-17-13-7-3-2-6-12(13)10-22(11)17/h2-9,18H,10H2,1H3. The molecule has 0 aliphatic carbocycles. The molecule has 3 nitrogen and oxygen atoms in total. The van der Waals surface area contributed by atoms with Crippen LogP contribution in [0.5, 0.6) is 5.75 Å². The smallest absolute Gasteiger partial charge is 0.387 e. The van der Waals surface area contributed by atoms with Crippen LogP contribution >= 0.6 is 0 Å². The predicted molar refractivity (Wildman–Crippen MR) is 83.6 cm³/mol. The van der Waals surface area contributed by atoms with Crippen molar-refractivity contribution in [3.63, 3.8) is 0 Å². The molecular formula is C18H14F2N2O. The fraction of sp³-hybridized carbons (Fsp3) is 0.167. The average Bonchev–Trinajstić information content (AvgIpc) is 3.05. The summed E-state index contributed by atoms with van der Waals surface area (Å²) in [5.74, 6) is 1.02. The van der Waals surface area contributed by atoms with Crippen LogP contribution < -0.4 is 4.74 Å². The average molecular weight is 312 g/mol. The molecule has 0 radical (unpaired) electrons. The Morgan fingerprint density at radius 1 is 1.04 bits per heavy atom. The topological polar surface area (TPSA) is 27.1 Å². The molecule has 0 saturated carbocycles. The molecule has 4 rings (SSSR count). The Morgan fingerprint density at radius 2 is 1.74 bits per heavy atom. The van der Waals surface area contributed by atoms with E-state index in [1.165, 1.54) is 5.56 Å². The molecule has 1 aromatic heterocycles. The normalized spacial score (nSPS) is 12.3. The van der Waals surface area contributed by atoms with Crippen LogP contribution in [0.4, 0.5) is 8.78 Å². The van der Waals surface area contributed by atoms with E-state index in [0.29, 0.717) is 11.3 Å². The lowest BCUT2D eigenvalue weighted by Crippen LogP contribution is -2.03. The first-order valence-corrected chi connectivity index (χ1v) is 7.35. The lowest BCUT2D eigenvalue weighted by atomic mass is 10.1. The second-order valence-electron chi connectivity index (χ2n) is 5.49. The van der Waals surface area contributed by atoms with Gasteiger partial charge in [-0.25, -0.2) is 4.98 Å². The number of aromatic nitrogens is 2. The fourth-order valence-corrected chi connectivity index (χ4v) is 3.10. The molecule has 2 heterocycles. The summed E-state index contributed by atoms with van der Waals surface area (Å²) in [6.07, 6.45) is 0. The number of fused-ring (bicyclic) bond motifs is 3. The minimum absolute atomic E-state index is 0.149. The molecule has 0 bridgehead atoms. The van der Waals surface area contributed by atoms with Gasteiger partial charge in [0.25, 0.3) is 0 Å². The minimum atomic E-state index is -2.85. The number of para-hydroxylation sites is 1. The maximum absolute atomic E-state index is 12.6. The molecule has 0 N–H and O–H groups in total. The summed E-state index contributed by atoms with van der Waals surface area (Å²) in [6.45, 7) is -0.148. The van der Waals surface area contributed by atoms with Crippen LogP contribution in [0.2, 0.25) is 0 Å². The molecule has 116 valence electrons. The summed E-state index contributed by atoms with van der Waals surface area (Å²) < 4.78 is 32.0. The molecule has 2 aromatic carbocycles. The number of imidazole rings is 1. The van der Waals surface area contributed by atoms with Gasteiger partial charge in [-0.3, -0.25) is 0 Å². The van der Waals surface area contributed by atoms with E-state index in [4.69, 9.17) is 4.98 Å². The fourth-order valence-electron chi connectivity index (χ4n) is 3.10. The first kappa shape index (κ1) is 13.9. The molecular weight excluding hydrogens is 298 g/mol. The van der Waals surface area contributed by atoms with Crippen molar-refractivity contribution in [3.8, 4) is 28.4 Å². The molecule has 1 aliphatic heterocycles. The Hall–Kier alpha value is -2.69. The van der Waals surface area contributed by atoms with E-state index in [1.807, 2.05) is 25.1 Å². The van der Waals surface area contributed by atoms with Gasteiger partial charge in [-0.1, -0.05) is 36.4 Å². The van der Waals surface area contributed by atoms with Crippen molar-refractivity contribution in [2.75, 3.05) is 0 Å². The third kappa shape index (κ3) is 2.20. The summed E-state index contributed by atoms with van der Waals surface area (Å²) in [6, 6.07) is 14.9. The summed E-state index contributed by atoms with van der Waals surface area (Å²) in [5.41, 5.74) is 4.54. The predicted octanol–water partition coefficient (Wildman–Crippen LogP) is 4.49. The molecule has 0 saturated heterocycles. The van der Waals surface area contributed by atoms with Gasteiger partial charge in [0.2, 0.25) is 0 Å². The van der Waals surface area contributed by atoms with Crippen LogP contribution in [0.1, 0.15) is 11.3 Å². The van der Waals surface area contributed by atoms with Crippen LogP contribution in [-0.2, 0) is 6.54 Å². The highest BCUT2D eigenvalue weighted by Crippen LogP contribution is 2.39. The van der Waals surface area contributed by atoms with Crippen molar-refractivity contribution >= 4 is 0 Å². The van der Waals surface area contributed by atoms with Gasteiger partial charge in [0.1, 0.15) is 11.6 Å². The highest BCUT2D eigenvalue weighted by molar-refractivity contribution is 5.75. The van der Waals surface area contributed by atoms with E-state index in [2.05, 4.69) is 15.4 Å². The SMILES string of the molecule is Cc1c(-c2ccccc2OC(F)F)nc2n1Cc1ccccc1-2. The van der Waals surface area contributed by atoms with Crippen molar-refractivity contribution in [3.05, 3.63) is 59.8 Å². The molecule has 0 atom stereocenters. The number of rotatable bonds is 3. The van der Waals surface area contributed by atoms with Crippen LogP contribution in [0.3, 0.4) is 0 Å². The highest BCUT2D eigenvalue weighted by atomic mass is 19.3. The quantitative estimate of drug-likeness (QED) is 0.557. The van der Waals surface area contributed by atoms with Gasteiger partial charge in [-0.2, -0.15) is 8.78 Å². The number of hydrogen-bond donors (Lipinski definition) is 0. The molecule has 0 fully saturated rings. The highest BCUT2D eigenvalue weighted by Gasteiger charge is 2.25. The Balaban J connectivity index is 1.85. The van der Waals surface area contributed by atoms with E-state index in [9.17, 15) is 8.78 Å². The zero-order chi connectivity index (χ0) is 16.0. The second kappa shape index (κ2) is 5.19. The lowest BCUT2D eigenvalue weighted by Gasteiger charge is -2.10. The largest absolute Gasteiger partial charge is 0.434 e. The Labute approximate surface area is 132 Å². The van der Waals surface area contributed by atoms with Gasteiger partial charge in [0.05, 0.1) is 12.2 Å². The van der Waals surface area contributed by atoms with Gasteiger partial charge in [0, 0.05) is 16.8 Å². The Bertz CT molecular complexity index is 886. The zero-order valence-corrected chi connectivity index (χ0v) is 12.5. The summed E-state index contributed by atoms with van der Waals surface area (Å²) in [4.78, 5) is 4.71. The number of halogens is 2. The maximum atomic E-state index is 12.6. The minimum Gasteiger partial charge on any atom is -0.434 e. The van der Waals surface area contributed by atoms with Gasteiger partial charge in [-0.15, -0.1) is 0 Å². The van der Waals surface area contributed by atoms with Crippen LogP contribution in [-0.4, -0.2) is 16.2 Å². The molecule has 0 unspecified atom stereocenters. The zero-order valence-electron chi connectivity index (χ0n) is 12.5. The van der Waals surface area contributed by atoms with Crippen molar-refractivity contribution in [1.82, 2.24) is 9.55 Å². The summed E-state index contributed by atoms with van der Waals surface area (Å²) >= 11 is 0. The van der Waals surface area contributed by atoms with Gasteiger partial charge >= 0.3 is 6.61 Å². The maximum Gasteiger partial charge on any atom is 0.387 e. The van der Waals surface area contributed by atoms with Crippen molar-refractivity contribution in [1.29, 1.82) is 0 Å². The Morgan fingerprint density at radius 3 is 2.52 bits per heavy atom. The van der Waals surface area contributed by atoms with Crippen LogP contribution in [0.25, 0.3) is 22.6 Å². The second-order valence-corrected chi connectivity index (χ2v) is 5.49. The summed E-state index contributed by atoms with van der Waals surface area (Å²) in [5, 5.41) is 0. The molecule has 5 heteroatoms. The van der Waals surface area contributed by atoms with E-state index in [1.54, 1.807) is 24.3 Å². The van der Waals surface area contributed by atoms with Crippen molar-refractivity contribution < 1.29 is 13.5 Å². The first-order chi connectivity index (χ1) is 11.1. The Kier molecular flexibility index (Phi) is 3.15. The third-order valence-corrected chi connectivity index (χ3v) is 4.17. The molecule has 1 aliphatic rings. The van der Waals surface area contributed by atoms with Crippen molar-refractivity contribution in [2.24, 2.45) is 0 Å². The van der Waals surface area contributed by atoms with Crippen LogP contribution in [0, 0.1) is 6.92 Å². The van der Waals surface area contributed by atoms with Gasteiger partial charge < -0.3 is 9.30 Å². The lowest BCUT2D eigenvalue weighted by molar-refractivity contribution is -0.0494. The van der Waals surface area contributed by atoms with E-state index < -0.39 is 6.61 Å². The summed E-state index contributed by atoms with van der Waals surface area (Å²) in [7, 11) is 0. The number of nitrogens with zero attached hydrogens (tertiary/aromatic N) is 2. The van der Waals surface area contributed by atoms with E-state index in [-0.39, 0.29) is 5.75 Å². The monoisotopic (exact) mass is 312 g/mol. The first-order valence-electron chi connectivity index (χ1n) is 7.35. The molecule has 0 spiro atoms. The van der Waals surface area contributed by atoms with E-state index in [0.717, 1.165) is 23.6 Å².